The number of unbranched alkanes of at least 4 members (excludes halogenated alkanes) is 1. The summed E-state index contributed by atoms with van der Waals surface area (Å²) in [6, 6.07) is 0. The zero-order valence-electron chi connectivity index (χ0n) is 14.1. The topological polar surface area (TPSA) is 88.1 Å². The number of rotatable bonds is 4. The molecule has 1 saturated heterocycles. The third-order valence-corrected chi connectivity index (χ3v) is 3.86. The third-order valence-electron chi connectivity index (χ3n) is 3.86. The summed E-state index contributed by atoms with van der Waals surface area (Å²) in [6.45, 7) is 9.49. The van der Waals surface area contributed by atoms with Gasteiger partial charge >= 0.3 is 12.1 Å². The first-order valence-electron chi connectivity index (χ1n) is 7.74. The van der Waals surface area contributed by atoms with E-state index in [0.717, 1.165) is 6.42 Å². The van der Waals surface area contributed by atoms with Gasteiger partial charge in [-0.1, -0.05) is 13.3 Å². The molecule has 0 unspecified atom stereocenters. The highest BCUT2D eigenvalue weighted by atomic mass is 16.7. The lowest BCUT2D eigenvalue weighted by Crippen LogP contribution is -2.60. The zero-order valence-corrected chi connectivity index (χ0v) is 14.1. The Balaban J connectivity index is 2.46. The van der Waals surface area contributed by atoms with Crippen LogP contribution in [0.4, 0.5) is 4.79 Å². The molecule has 0 spiro atoms. The lowest BCUT2D eigenvalue weighted by atomic mass is 9.80. The Labute approximate surface area is 131 Å². The van der Waals surface area contributed by atoms with Crippen LogP contribution in [-0.2, 0) is 14.4 Å². The fraction of sp³-hybridized carbons (Fsp3) is 0.867. The molecule has 2 N–H and O–H groups in total. The average molecular weight is 316 g/mol. The first kappa shape index (κ1) is 18.7. The van der Waals surface area contributed by atoms with Crippen LogP contribution in [0.5, 0.6) is 0 Å². The number of hydrogen-bond donors (Lipinski definition) is 2. The van der Waals surface area contributed by atoms with Gasteiger partial charge in [-0.25, -0.2) is 9.59 Å². The maximum absolute atomic E-state index is 11.7. The molecule has 0 saturated carbocycles. The van der Waals surface area contributed by atoms with Crippen molar-refractivity contribution in [2.24, 2.45) is 0 Å². The molecule has 0 aromatic carbocycles. The number of nitrogens with zero attached hydrogens (tertiary/aromatic N) is 1. The van der Waals surface area contributed by atoms with Crippen LogP contribution in [0.3, 0.4) is 0 Å². The summed E-state index contributed by atoms with van der Waals surface area (Å²) >= 11 is 0. The van der Waals surface area contributed by atoms with Gasteiger partial charge in [0.1, 0.15) is 6.10 Å². The van der Waals surface area contributed by atoms with Crippen LogP contribution in [0.15, 0.2) is 0 Å². The van der Waals surface area contributed by atoms with Gasteiger partial charge in [0.15, 0.2) is 0 Å². The molecule has 1 heterocycles. The lowest BCUT2D eigenvalue weighted by molar-refractivity contribution is -0.257. The quantitative estimate of drug-likeness (QED) is 0.775. The van der Waals surface area contributed by atoms with Crippen LogP contribution in [0, 0.1) is 0 Å². The molecule has 22 heavy (non-hydrogen) atoms. The van der Waals surface area contributed by atoms with Gasteiger partial charge in [0, 0.05) is 30.3 Å². The smallest absolute Gasteiger partial charge is 0.440 e. The molecule has 0 radical (unpaired) electrons. The van der Waals surface area contributed by atoms with Crippen molar-refractivity contribution in [3.63, 3.8) is 0 Å². The second-order valence-corrected chi connectivity index (χ2v) is 7.05. The number of piperidine rings is 1. The highest BCUT2D eigenvalue weighted by Gasteiger charge is 2.46. The zero-order chi connectivity index (χ0) is 17.0. The number of carbonyl (C=O) groups excluding carboxylic acids is 2. The molecule has 0 bridgehead atoms. The van der Waals surface area contributed by atoms with E-state index in [9.17, 15) is 14.8 Å². The van der Waals surface area contributed by atoms with Gasteiger partial charge < -0.3 is 14.8 Å². The molecule has 1 rings (SSSR count). The molecule has 1 aliphatic rings. The van der Waals surface area contributed by atoms with Gasteiger partial charge in [-0.15, -0.1) is 5.48 Å². The van der Waals surface area contributed by atoms with Gasteiger partial charge in [0.05, 0.1) is 0 Å². The molecule has 1 amide bonds. The average Bonchev–Trinajstić information content (AvgIpc) is 2.39. The largest absolute Gasteiger partial charge is 0.444 e. The van der Waals surface area contributed by atoms with E-state index in [1.165, 1.54) is 5.06 Å². The molecule has 0 aliphatic carbocycles. The molecule has 0 aromatic heterocycles. The van der Waals surface area contributed by atoms with Crippen molar-refractivity contribution in [1.82, 2.24) is 10.5 Å². The van der Waals surface area contributed by atoms with E-state index < -0.39 is 23.1 Å². The van der Waals surface area contributed by atoms with Crippen LogP contribution < -0.4 is 5.48 Å². The monoisotopic (exact) mass is 316 g/mol. The first-order valence-corrected chi connectivity index (χ1v) is 7.74. The van der Waals surface area contributed by atoms with E-state index in [-0.39, 0.29) is 12.5 Å². The lowest BCUT2D eigenvalue weighted by Gasteiger charge is -2.50. The fourth-order valence-electron chi connectivity index (χ4n) is 2.91. The second kappa shape index (κ2) is 7.28. The third kappa shape index (κ3) is 5.14. The van der Waals surface area contributed by atoms with Crippen LogP contribution in [0.25, 0.3) is 0 Å². The number of amides is 1. The normalized spacial score (nSPS) is 21.2. The maximum atomic E-state index is 11.7. The predicted octanol–water partition coefficient (Wildman–Crippen LogP) is 2.77. The number of nitrogens with one attached hydrogen (secondary N) is 1. The fourth-order valence-corrected chi connectivity index (χ4v) is 2.91. The van der Waals surface area contributed by atoms with Crippen molar-refractivity contribution < 1.29 is 24.4 Å². The SMILES string of the molecule is CCCCC(=O)ONC(=O)OC1CC(C)(C)N(O)C(C)(C)C1. The highest BCUT2D eigenvalue weighted by molar-refractivity contribution is 5.73. The van der Waals surface area contributed by atoms with Gasteiger partial charge in [0.25, 0.3) is 0 Å². The predicted molar refractivity (Wildman–Crippen MR) is 80.0 cm³/mol. The van der Waals surface area contributed by atoms with E-state index >= 15 is 0 Å². The highest BCUT2D eigenvalue weighted by Crippen LogP contribution is 2.37. The Kier molecular flexibility index (Phi) is 6.19. The van der Waals surface area contributed by atoms with Crippen LogP contribution >= 0.6 is 0 Å². The summed E-state index contributed by atoms with van der Waals surface area (Å²) < 4.78 is 5.30. The van der Waals surface area contributed by atoms with Crippen LogP contribution in [-0.4, -0.2) is 39.5 Å². The van der Waals surface area contributed by atoms with E-state index in [0.29, 0.717) is 19.3 Å². The summed E-state index contributed by atoms with van der Waals surface area (Å²) in [4.78, 5) is 27.7. The summed E-state index contributed by atoms with van der Waals surface area (Å²) in [7, 11) is 0. The van der Waals surface area contributed by atoms with E-state index in [4.69, 9.17) is 4.74 Å². The van der Waals surface area contributed by atoms with Crippen molar-refractivity contribution in [2.75, 3.05) is 0 Å². The van der Waals surface area contributed by atoms with Gasteiger partial charge in [-0.3, -0.25) is 0 Å². The summed E-state index contributed by atoms with van der Waals surface area (Å²) in [6.07, 6.45) is 1.69. The van der Waals surface area contributed by atoms with E-state index in [1.807, 2.05) is 40.1 Å². The van der Waals surface area contributed by atoms with E-state index in [1.54, 1.807) is 0 Å². The minimum absolute atomic E-state index is 0.264. The Morgan fingerprint density at radius 1 is 1.23 bits per heavy atom. The molecule has 1 fully saturated rings. The Morgan fingerprint density at radius 2 is 1.77 bits per heavy atom. The van der Waals surface area contributed by atoms with Gasteiger partial charge in [0.2, 0.25) is 0 Å². The minimum atomic E-state index is -0.784. The number of hydrogen-bond acceptors (Lipinski definition) is 6. The molecule has 0 aromatic rings. The number of ether oxygens (including phenoxy) is 1. The first-order chi connectivity index (χ1) is 10.1. The van der Waals surface area contributed by atoms with Crippen molar-refractivity contribution in [1.29, 1.82) is 0 Å². The summed E-state index contributed by atoms with van der Waals surface area (Å²) in [5.74, 6) is -0.482. The van der Waals surface area contributed by atoms with Crippen molar-refractivity contribution in [3.05, 3.63) is 0 Å². The molecule has 1 aliphatic heterocycles. The molecule has 7 heteroatoms. The number of carbonyl (C=O) groups is 2. The standard InChI is InChI=1S/C15H28N2O5/c1-6-7-8-12(18)22-16-13(19)21-11-9-14(2,3)17(20)15(4,5)10-11/h11,20H,6-10H2,1-5H3,(H,16,19). The summed E-state index contributed by atoms with van der Waals surface area (Å²) in [5, 5.41) is 11.5. The summed E-state index contributed by atoms with van der Waals surface area (Å²) in [5.41, 5.74) is 0.999. The van der Waals surface area contributed by atoms with Gasteiger partial charge in [-0.2, -0.15) is 5.06 Å². The minimum Gasteiger partial charge on any atom is -0.444 e. The van der Waals surface area contributed by atoms with Crippen molar-refractivity contribution in [2.45, 2.75) is 83.9 Å². The Bertz CT molecular complexity index is 391. The maximum Gasteiger partial charge on any atom is 0.440 e. The van der Waals surface area contributed by atoms with Crippen molar-refractivity contribution in [3.8, 4) is 0 Å². The molecular formula is C15H28N2O5. The van der Waals surface area contributed by atoms with Crippen molar-refractivity contribution >= 4 is 12.1 Å². The van der Waals surface area contributed by atoms with Crippen LogP contribution in [0.1, 0.15) is 66.7 Å². The Morgan fingerprint density at radius 3 is 2.27 bits per heavy atom. The molecular weight excluding hydrogens is 288 g/mol. The molecule has 0 atom stereocenters. The van der Waals surface area contributed by atoms with Gasteiger partial charge in [-0.05, 0) is 34.1 Å². The molecule has 7 nitrogen and oxygen atoms in total. The molecule has 128 valence electrons. The second-order valence-electron chi connectivity index (χ2n) is 7.05. The number of hydroxylamine groups is 3. The van der Waals surface area contributed by atoms with E-state index in [2.05, 4.69) is 4.84 Å². The Hall–Kier alpha value is -1.34. The van der Waals surface area contributed by atoms with Crippen LogP contribution in [0.2, 0.25) is 0 Å².